The van der Waals surface area contributed by atoms with Crippen molar-refractivity contribution < 1.29 is 40.1 Å². The number of nitrogen functional groups attached to an aromatic ring is 2. The third-order valence-corrected chi connectivity index (χ3v) is 8.55. The summed E-state index contributed by atoms with van der Waals surface area (Å²) in [5.74, 6) is 2.91. The summed E-state index contributed by atoms with van der Waals surface area (Å²) >= 11 is 0. The molecule has 0 aliphatic carbocycles. The van der Waals surface area contributed by atoms with Gasteiger partial charge in [0.15, 0.2) is 11.6 Å². The van der Waals surface area contributed by atoms with Gasteiger partial charge < -0.3 is 51.6 Å². The third-order valence-electron chi connectivity index (χ3n) is 8.55. The number of ether oxygens (including phenoxy) is 2. The first kappa shape index (κ1) is 34.6. The summed E-state index contributed by atoms with van der Waals surface area (Å²) in [5, 5.41) is 78.9. The number of hydrogen-bond donors (Lipinski definition) is 9. The molecule has 2 fully saturated rings. The van der Waals surface area contributed by atoms with Crippen molar-refractivity contribution in [3.05, 3.63) is 47.9 Å². The molecule has 48 heavy (non-hydrogen) atoms. The minimum absolute atomic E-state index is 0. The zero-order valence-electron chi connectivity index (χ0n) is 25.1. The van der Waals surface area contributed by atoms with Crippen LogP contribution in [0.2, 0.25) is 0 Å². The number of terminal acetylenes is 1. The lowest BCUT2D eigenvalue weighted by atomic mass is 9.91. The van der Waals surface area contributed by atoms with Crippen molar-refractivity contribution >= 4 is 22.7 Å². The minimum Gasteiger partial charge on any atom is -0.394 e. The molecule has 19 heteroatoms. The first-order chi connectivity index (χ1) is 22.4. The highest BCUT2D eigenvalue weighted by Gasteiger charge is 2.54. The number of aliphatic hydroxyl groups excluding tert-OH is 4. The monoisotopic (exact) mass is 667 g/mol. The van der Waals surface area contributed by atoms with Crippen LogP contribution in [-0.2, 0) is 9.47 Å². The lowest BCUT2D eigenvalue weighted by Gasteiger charge is -2.26. The second kappa shape index (κ2) is 12.7. The van der Waals surface area contributed by atoms with Gasteiger partial charge in [0, 0.05) is 5.56 Å². The lowest BCUT2D eigenvalue weighted by Crippen LogP contribution is -2.43. The number of aromatic nitrogens is 9. The van der Waals surface area contributed by atoms with Crippen LogP contribution in [0, 0.1) is 12.3 Å². The standard InChI is InChI=1S/C14H17N7O4.C14H16N4O4.CH4/c1-14(24)11(23)9(4-22)25-12(14)8-2-6(7-3-17-20-19-7)10-13(15)16-5-18-21(8)10;1-3-7-4-8(18-10(7)13(15)16-6-17-18)12-14(2,21)11(20)9(5-19)22-12;/h2-3,5,9,11-12,22-24H,4H2,1H3,(H2,15,16,18)(H,17,19,20);1,4,6,9,11-12,19-21H,5H2,2H3,(H2,15,16,17);1H4/t2*9-,11-,12+,14-;/m11./s1. The number of anilines is 2. The fraction of sp³-hybridized carbons (Fsp3) is 0.448. The van der Waals surface area contributed by atoms with Crippen LogP contribution < -0.4 is 11.5 Å². The number of aromatic amines is 1. The Morgan fingerprint density at radius 1 is 0.896 bits per heavy atom. The molecule has 0 unspecified atom stereocenters. The molecule has 7 heterocycles. The topological polar surface area (TPSA) is 294 Å². The number of aliphatic hydroxyl groups is 6. The van der Waals surface area contributed by atoms with Crippen molar-refractivity contribution in [2.45, 2.75) is 69.1 Å². The Labute approximate surface area is 272 Å². The van der Waals surface area contributed by atoms with Crippen molar-refractivity contribution in [1.82, 2.24) is 44.6 Å². The van der Waals surface area contributed by atoms with Crippen LogP contribution in [0.4, 0.5) is 11.6 Å². The van der Waals surface area contributed by atoms with Gasteiger partial charge in [-0.3, -0.25) is 0 Å². The molecule has 0 saturated carbocycles. The molecule has 8 atom stereocenters. The summed E-state index contributed by atoms with van der Waals surface area (Å²) in [6.45, 7) is 2.02. The summed E-state index contributed by atoms with van der Waals surface area (Å²) < 4.78 is 14.2. The molecule has 2 aliphatic rings. The normalized spacial score (nSPS) is 29.8. The van der Waals surface area contributed by atoms with E-state index in [2.05, 4.69) is 41.5 Å². The van der Waals surface area contributed by atoms with Crippen LogP contribution in [-0.4, -0.2) is 124 Å². The predicted molar refractivity (Wildman–Crippen MR) is 168 cm³/mol. The van der Waals surface area contributed by atoms with Gasteiger partial charge in [-0.2, -0.15) is 25.6 Å². The summed E-state index contributed by atoms with van der Waals surface area (Å²) in [5.41, 5.74) is 11.9. The highest BCUT2D eigenvalue weighted by Crippen LogP contribution is 2.44. The molecule has 7 rings (SSSR count). The molecule has 0 bridgehead atoms. The van der Waals surface area contributed by atoms with Gasteiger partial charge in [0.2, 0.25) is 0 Å². The van der Waals surface area contributed by atoms with E-state index in [9.17, 15) is 30.6 Å². The second-order valence-electron chi connectivity index (χ2n) is 11.6. The summed E-state index contributed by atoms with van der Waals surface area (Å²) in [6.07, 6.45) is 3.34. The Balaban J connectivity index is 0.000000186. The van der Waals surface area contributed by atoms with E-state index < -0.39 is 61.0 Å². The number of nitrogens with zero attached hydrogens (tertiary/aromatic N) is 8. The molecular formula is C29H37N11O8. The van der Waals surface area contributed by atoms with Gasteiger partial charge >= 0.3 is 0 Å². The SMILES string of the molecule is C.C#Cc1cc([C@@H]2O[C@H](CO)[C@@H](O)[C@@]2(C)O)n2ncnc(N)c12.C[C@@]1(O)[C@H](O)[C@@H](CO)O[C@H]1c1cc(-c2cn[nH]n2)c2c(N)ncnn12. The first-order valence-corrected chi connectivity index (χ1v) is 14.3. The van der Waals surface area contributed by atoms with Crippen molar-refractivity contribution in [2.24, 2.45) is 0 Å². The molecule has 5 aromatic rings. The van der Waals surface area contributed by atoms with Gasteiger partial charge in [0.1, 0.15) is 77.2 Å². The van der Waals surface area contributed by atoms with Crippen LogP contribution in [0.25, 0.3) is 22.3 Å². The zero-order chi connectivity index (χ0) is 33.8. The fourth-order valence-electron chi connectivity index (χ4n) is 6.06. The molecule has 0 amide bonds. The molecule has 2 aliphatic heterocycles. The van der Waals surface area contributed by atoms with E-state index in [0.29, 0.717) is 39.2 Å². The predicted octanol–water partition coefficient (Wildman–Crippen LogP) is -1.89. The van der Waals surface area contributed by atoms with E-state index in [1.54, 1.807) is 12.1 Å². The van der Waals surface area contributed by atoms with Crippen LogP contribution >= 0.6 is 0 Å². The van der Waals surface area contributed by atoms with Crippen molar-refractivity contribution in [3.63, 3.8) is 0 Å². The number of nitrogens with one attached hydrogen (secondary N) is 1. The molecular weight excluding hydrogens is 630 g/mol. The number of nitrogens with two attached hydrogens (primary N) is 2. The first-order valence-electron chi connectivity index (χ1n) is 14.3. The molecule has 0 spiro atoms. The largest absolute Gasteiger partial charge is 0.394 e. The summed E-state index contributed by atoms with van der Waals surface area (Å²) in [4.78, 5) is 7.89. The number of rotatable bonds is 5. The Morgan fingerprint density at radius 3 is 1.85 bits per heavy atom. The lowest BCUT2D eigenvalue weighted by molar-refractivity contribution is -0.0665. The smallest absolute Gasteiger partial charge is 0.152 e. The van der Waals surface area contributed by atoms with E-state index in [4.69, 9.17) is 27.4 Å². The van der Waals surface area contributed by atoms with Gasteiger partial charge in [-0.05, 0) is 26.0 Å². The fourth-order valence-corrected chi connectivity index (χ4v) is 6.06. The average Bonchev–Trinajstić information content (AvgIpc) is 3.86. The van der Waals surface area contributed by atoms with E-state index >= 15 is 0 Å². The van der Waals surface area contributed by atoms with Gasteiger partial charge in [-0.15, -0.1) is 6.42 Å². The van der Waals surface area contributed by atoms with E-state index in [1.165, 1.54) is 41.7 Å². The molecule has 5 aromatic heterocycles. The van der Waals surface area contributed by atoms with E-state index in [0.717, 1.165) is 0 Å². The number of hydrogen-bond acceptors (Lipinski definition) is 16. The maximum atomic E-state index is 10.7. The Hall–Kier alpha value is -4.78. The van der Waals surface area contributed by atoms with E-state index in [1.807, 2.05) is 0 Å². The van der Waals surface area contributed by atoms with Crippen LogP contribution in [0.3, 0.4) is 0 Å². The molecule has 0 aromatic carbocycles. The quantitative estimate of drug-likeness (QED) is 0.0926. The highest BCUT2D eigenvalue weighted by molar-refractivity contribution is 5.86. The zero-order valence-corrected chi connectivity index (χ0v) is 25.1. The number of H-pyrrole nitrogens is 1. The Kier molecular flexibility index (Phi) is 9.13. The highest BCUT2D eigenvalue weighted by atomic mass is 16.6. The van der Waals surface area contributed by atoms with Crippen molar-refractivity contribution in [2.75, 3.05) is 24.7 Å². The van der Waals surface area contributed by atoms with Crippen LogP contribution in [0.5, 0.6) is 0 Å². The maximum absolute atomic E-state index is 10.7. The van der Waals surface area contributed by atoms with Crippen molar-refractivity contribution in [3.8, 4) is 23.6 Å². The van der Waals surface area contributed by atoms with Gasteiger partial charge in [0.05, 0.1) is 36.4 Å². The molecule has 2 saturated heterocycles. The van der Waals surface area contributed by atoms with Crippen LogP contribution in [0.15, 0.2) is 31.0 Å². The molecule has 256 valence electrons. The minimum atomic E-state index is -1.64. The number of fused-ring (bicyclic) bond motifs is 2. The van der Waals surface area contributed by atoms with Gasteiger partial charge in [0.25, 0.3) is 0 Å². The Morgan fingerprint density at radius 2 is 1.40 bits per heavy atom. The summed E-state index contributed by atoms with van der Waals surface area (Å²) in [6, 6.07) is 3.30. The van der Waals surface area contributed by atoms with Crippen LogP contribution in [0.1, 0.15) is 50.4 Å². The molecule has 11 N–H and O–H groups in total. The second-order valence-corrected chi connectivity index (χ2v) is 11.6. The molecule has 19 nitrogen and oxygen atoms in total. The Bertz CT molecular complexity index is 1950. The summed E-state index contributed by atoms with van der Waals surface area (Å²) in [7, 11) is 0. The van der Waals surface area contributed by atoms with Gasteiger partial charge in [-0.1, -0.05) is 13.3 Å². The maximum Gasteiger partial charge on any atom is 0.152 e. The van der Waals surface area contributed by atoms with Crippen molar-refractivity contribution in [1.29, 1.82) is 0 Å². The van der Waals surface area contributed by atoms with Gasteiger partial charge in [-0.25, -0.2) is 19.0 Å². The molecule has 0 radical (unpaired) electrons. The average molecular weight is 668 g/mol. The third kappa shape index (κ3) is 5.29. The van der Waals surface area contributed by atoms with E-state index in [-0.39, 0.29) is 19.1 Å².